The Morgan fingerprint density at radius 1 is 1.07 bits per heavy atom. The van der Waals surface area contributed by atoms with Crippen LogP contribution in [0.5, 0.6) is 0 Å². The van der Waals surface area contributed by atoms with Crippen LogP contribution in [0.25, 0.3) is 10.9 Å². The van der Waals surface area contributed by atoms with Crippen LogP contribution in [0.4, 0.5) is 0 Å². The van der Waals surface area contributed by atoms with Gasteiger partial charge in [0, 0.05) is 30.5 Å². The molecule has 0 saturated carbocycles. The van der Waals surface area contributed by atoms with E-state index in [4.69, 9.17) is 0 Å². The minimum absolute atomic E-state index is 0.218. The summed E-state index contributed by atoms with van der Waals surface area (Å²) in [4.78, 5) is 16.0. The van der Waals surface area contributed by atoms with Crippen LogP contribution in [-0.2, 0) is 16.6 Å². The molecule has 1 aliphatic rings. The van der Waals surface area contributed by atoms with Crippen molar-refractivity contribution < 1.29 is 13.2 Å². The van der Waals surface area contributed by atoms with Crippen LogP contribution in [-0.4, -0.2) is 36.7 Å². The van der Waals surface area contributed by atoms with E-state index in [1.807, 2.05) is 37.3 Å². The van der Waals surface area contributed by atoms with Crippen molar-refractivity contribution in [1.29, 1.82) is 0 Å². The number of aromatic nitrogens is 1. The standard InChI is InChI=1S/C22H25N3O3S/c1-16-7-5-9-18-14-20(24-21(16)18)22(26)23-15-17-8-6-10-19(13-17)29(27,28)25-11-3-2-4-12-25/h5-10,13-14,24H,2-4,11-12,15H2,1H3,(H,23,26). The number of carbonyl (C=O) groups excluding carboxylic acids is 1. The second-order valence-electron chi connectivity index (χ2n) is 7.52. The maximum atomic E-state index is 12.9. The minimum atomic E-state index is -3.48. The molecule has 0 aliphatic carbocycles. The fourth-order valence-electron chi connectivity index (χ4n) is 3.78. The van der Waals surface area contributed by atoms with Crippen LogP contribution in [0, 0.1) is 6.92 Å². The second-order valence-corrected chi connectivity index (χ2v) is 9.45. The highest BCUT2D eigenvalue weighted by Gasteiger charge is 2.26. The molecule has 0 atom stereocenters. The van der Waals surface area contributed by atoms with Crippen molar-refractivity contribution in [3.8, 4) is 0 Å². The number of para-hydroxylation sites is 1. The maximum absolute atomic E-state index is 12.9. The Labute approximate surface area is 171 Å². The summed E-state index contributed by atoms with van der Waals surface area (Å²) in [5.74, 6) is -0.218. The lowest BCUT2D eigenvalue weighted by molar-refractivity contribution is 0.0946. The lowest BCUT2D eigenvalue weighted by Crippen LogP contribution is -2.35. The first-order chi connectivity index (χ1) is 13.9. The van der Waals surface area contributed by atoms with Crippen molar-refractivity contribution in [2.24, 2.45) is 0 Å². The van der Waals surface area contributed by atoms with E-state index in [-0.39, 0.29) is 17.3 Å². The molecule has 1 fully saturated rings. The van der Waals surface area contributed by atoms with Crippen molar-refractivity contribution in [2.45, 2.75) is 37.6 Å². The Kier molecular flexibility index (Phi) is 5.43. The van der Waals surface area contributed by atoms with Crippen LogP contribution in [0.2, 0.25) is 0 Å². The lowest BCUT2D eigenvalue weighted by Gasteiger charge is -2.26. The molecule has 7 heteroatoms. The summed E-state index contributed by atoms with van der Waals surface area (Å²) in [7, 11) is -3.48. The van der Waals surface area contributed by atoms with Gasteiger partial charge in [-0.1, -0.05) is 36.8 Å². The van der Waals surface area contributed by atoms with Crippen LogP contribution in [0.1, 0.15) is 40.9 Å². The van der Waals surface area contributed by atoms with Gasteiger partial charge in [0.2, 0.25) is 10.0 Å². The molecule has 152 valence electrons. The van der Waals surface area contributed by atoms with Crippen LogP contribution in [0.15, 0.2) is 53.4 Å². The SMILES string of the molecule is Cc1cccc2cc(C(=O)NCc3cccc(S(=O)(=O)N4CCCCC4)c3)[nH]c12. The monoisotopic (exact) mass is 411 g/mol. The van der Waals surface area contributed by atoms with Gasteiger partial charge < -0.3 is 10.3 Å². The number of sulfonamides is 1. The number of hydrogen-bond acceptors (Lipinski definition) is 3. The zero-order chi connectivity index (χ0) is 20.4. The van der Waals surface area contributed by atoms with Gasteiger partial charge in [-0.3, -0.25) is 4.79 Å². The molecule has 2 aromatic carbocycles. The molecule has 0 spiro atoms. The zero-order valence-electron chi connectivity index (χ0n) is 16.4. The van der Waals surface area contributed by atoms with E-state index in [9.17, 15) is 13.2 Å². The summed E-state index contributed by atoms with van der Waals surface area (Å²) in [5.41, 5.74) is 3.28. The quantitative estimate of drug-likeness (QED) is 0.673. The fraction of sp³-hybridized carbons (Fsp3) is 0.318. The van der Waals surface area contributed by atoms with Gasteiger partial charge in [0.15, 0.2) is 0 Å². The van der Waals surface area contributed by atoms with E-state index in [0.717, 1.165) is 41.3 Å². The third-order valence-electron chi connectivity index (χ3n) is 5.41. The smallest absolute Gasteiger partial charge is 0.267 e. The van der Waals surface area contributed by atoms with Gasteiger partial charge in [0.25, 0.3) is 5.91 Å². The highest BCUT2D eigenvalue weighted by Crippen LogP contribution is 2.22. The Balaban J connectivity index is 1.47. The molecule has 1 aromatic heterocycles. The molecule has 29 heavy (non-hydrogen) atoms. The molecule has 1 saturated heterocycles. The number of aryl methyl sites for hydroxylation is 1. The number of rotatable bonds is 5. The van der Waals surface area contributed by atoms with Gasteiger partial charge in [0.05, 0.1) is 4.90 Å². The van der Waals surface area contributed by atoms with Gasteiger partial charge >= 0.3 is 0 Å². The fourth-order valence-corrected chi connectivity index (χ4v) is 5.37. The molecule has 2 N–H and O–H groups in total. The number of H-pyrrole nitrogens is 1. The number of nitrogens with one attached hydrogen (secondary N) is 2. The van der Waals surface area contributed by atoms with Crippen molar-refractivity contribution in [3.05, 3.63) is 65.4 Å². The number of aromatic amines is 1. The number of hydrogen-bond donors (Lipinski definition) is 2. The number of fused-ring (bicyclic) bond motifs is 1. The van der Waals surface area contributed by atoms with Gasteiger partial charge in [-0.25, -0.2) is 8.42 Å². The summed E-state index contributed by atoms with van der Waals surface area (Å²) in [6.45, 7) is 3.40. The summed E-state index contributed by atoms with van der Waals surface area (Å²) in [6.07, 6.45) is 2.88. The number of benzene rings is 2. The summed E-state index contributed by atoms with van der Waals surface area (Å²) in [5, 5.41) is 3.87. The van der Waals surface area contributed by atoms with Crippen LogP contribution in [0.3, 0.4) is 0 Å². The highest BCUT2D eigenvalue weighted by atomic mass is 32.2. The van der Waals surface area contributed by atoms with E-state index in [2.05, 4.69) is 10.3 Å². The number of nitrogens with zero attached hydrogens (tertiary/aromatic N) is 1. The van der Waals surface area contributed by atoms with E-state index in [1.165, 1.54) is 0 Å². The highest BCUT2D eigenvalue weighted by molar-refractivity contribution is 7.89. The van der Waals surface area contributed by atoms with E-state index < -0.39 is 10.0 Å². The predicted octanol–water partition coefficient (Wildman–Crippen LogP) is 3.58. The van der Waals surface area contributed by atoms with Crippen molar-refractivity contribution in [1.82, 2.24) is 14.6 Å². The third-order valence-corrected chi connectivity index (χ3v) is 7.31. The average Bonchev–Trinajstić information content (AvgIpc) is 3.19. The molecular formula is C22H25N3O3S. The molecular weight excluding hydrogens is 386 g/mol. The summed E-state index contributed by atoms with van der Waals surface area (Å²) in [6, 6.07) is 14.6. The summed E-state index contributed by atoms with van der Waals surface area (Å²) < 4.78 is 27.3. The van der Waals surface area contributed by atoms with Gasteiger partial charge in [-0.2, -0.15) is 4.31 Å². The Hall–Kier alpha value is -2.64. The van der Waals surface area contributed by atoms with E-state index in [0.29, 0.717) is 18.8 Å². The molecule has 4 rings (SSSR count). The van der Waals surface area contributed by atoms with E-state index in [1.54, 1.807) is 22.5 Å². The number of carbonyl (C=O) groups is 1. The first-order valence-electron chi connectivity index (χ1n) is 9.91. The predicted molar refractivity (Wildman–Crippen MR) is 113 cm³/mol. The Morgan fingerprint density at radius 3 is 2.59 bits per heavy atom. The van der Waals surface area contributed by atoms with Gasteiger partial charge in [0.1, 0.15) is 5.69 Å². The van der Waals surface area contributed by atoms with Crippen molar-refractivity contribution in [3.63, 3.8) is 0 Å². The first-order valence-corrected chi connectivity index (χ1v) is 11.3. The Morgan fingerprint density at radius 2 is 1.83 bits per heavy atom. The molecule has 1 amide bonds. The van der Waals surface area contributed by atoms with Crippen LogP contribution < -0.4 is 5.32 Å². The first kappa shape index (κ1) is 19.7. The molecule has 0 radical (unpaired) electrons. The second kappa shape index (κ2) is 8.00. The molecule has 3 aromatic rings. The van der Waals surface area contributed by atoms with Crippen molar-refractivity contribution in [2.75, 3.05) is 13.1 Å². The molecule has 0 unspecified atom stereocenters. The summed E-state index contributed by atoms with van der Waals surface area (Å²) >= 11 is 0. The normalized spacial score (nSPS) is 15.5. The largest absolute Gasteiger partial charge is 0.350 e. The Bertz CT molecular complexity index is 1150. The van der Waals surface area contributed by atoms with Crippen molar-refractivity contribution >= 4 is 26.8 Å². The van der Waals surface area contributed by atoms with Crippen LogP contribution >= 0.6 is 0 Å². The number of amides is 1. The minimum Gasteiger partial charge on any atom is -0.350 e. The molecule has 6 nitrogen and oxygen atoms in total. The molecule has 0 bridgehead atoms. The molecule has 2 heterocycles. The van der Waals surface area contributed by atoms with Gasteiger partial charge in [-0.15, -0.1) is 0 Å². The maximum Gasteiger partial charge on any atom is 0.267 e. The average molecular weight is 412 g/mol. The van der Waals surface area contributed by atoms with E-state index >= 15 is 0 Å². The van der Waals surface area contributed by atoms with Gasteiger partial charge in [-0.05, 0) is 49.1 Å². The topological polar surface area (TPSA) is 82.3 Å². The lowest BCUT2D eigenvalue weighted by atomic mass is 10.2. The number of piperidine rings is 1. The molecule has 1 aliphatic heterocycles. The zero-order valence-corrected chi connectivity index (χ0v) is 17.3. The third kappa shape index (κ3) is 4.06.